The molecule has 1 saturated carbocycles. The molecule has 14 heavy (non-hydrogen) atoms. The van der Waals surface area contributed by atoms with Gasteiger partial charge in [0.2, 0.25) is 5.91 Å². The summed E-state index contributed by atoms with van der Waals surface area (Å²) in [6.07, 6.45) is 4.00. The second-order valence-electron chi connectivity index (χ2n) is 4.37. The molecule has 1 amide bonds. The molecule has 2 unspecified atom stereocenters. The summed E-state index contributed by atoms with van der Waals surface area (Å²) < 4.78 is 0. The predicted molar refractivity (Wildman–Crippen MR) is 58.1 cm³/mol. The molecule has 3 nitrogen and oxygen atoms in total. The fraction of sp³-hybridized carbons (Fsp3) is 0.909. The molecule has 2 N–H and O–H groups in total. The van der Waals surface area contributed by atoms with Gasteiger partial charge in [0.25, 0.3) is 0 Å². The average molecular weight is 198 g/mol. The van der Waals surface area contributed by atoms with E-state index in [9.17, 15) is 4.79 Å². The van der Waals surface area contributed by atoms with Gasteiger partial charge in [-0.05, 0) is 38.1 Å². The molecule has 82 valence electrons. The second kappa shape index (κ2) is 6.02. The molecule has 0 saturated heterocycles. The maximum absolute atomic E-state index is 11.1. The van der Waals surface area contributed by atoms with Crippen LogP contribution in [0.2, 0.25) is 0 Å². The highest BCUT2D eigenvalue weighted by atomic mass is 16.1. The van der Waals surface area contributed by atoms with Gasteiger partial charge in [0.15, 0.2) is 0 Å². The monoisotopic (exact) mass is 198 g/mol. The van der Waals surface area contributed by atoms with Crippen molar-refractivity contribution in [2.24, 2.45) is 11.8 Å². The van der Waals surface area contributed by atoms with E-state index < -0.39 is 0 Å². The van der Waals surface area contributed by atoms with Gasteiger partial charge in [0.1, 0.15) is 0 Å². The Labute approximate surface area is 86.6 Å². The number of hydrogen-bond acceptors (Lipinski definition) is 2. The Morgan fingerprint density at radius 3 is 2.79 bits per heavy atom. The summed E-state index contributed by atoms with van der Waals surface area (Å²) in [7, 11) is 0. The maximum Gasteiger partial charge on any atom is 0.233 e. The first-order valence-electron chi connectivity index (χ1n) is 5.69. The van der Waals surface area contributed by atoms with Gasteiger partial charge in [-0.1, -0.05) is 13.3 Å². The van der Waals surface area contributed by atoms with E-state index in [0.29, 0.717) is 6.54 Å². The Kier molecular flexibility index (Phi) is 4.94. The number of likely N-dealkylation sites (N-methyl/N-ethyl adjacent to an activating group) is 1. The third kappa shape index (κ3) is 4.09. The summed E-state index contributed by atoms with van der Waals surface area (Å²) in [6.45, 7) is 6.45. The largest absolute Gasteiger partial charge is 0.355 e. The Balaban J connectivity index is 2.01. The van der Waals surface area contributed by atoms with Gasteiger partial charge < -0.3 is 10.6 Å². The maximum atomic E-state index is 11.1. The van der Waals surface area contributed by atoms with E-state index in [1.54, 1.807) is 0 Å². The highest BCUT2D eigenvalue weighted by molar-refractivity contribution is 5.77. The number of rotatable bonds is 5. The van der Waals surface area contributed by atoms with Crippen molar-refractivity contribution in [2.45, 2.75) is 33.1 Å². The van der Waals surface area contributed by atoms with Crippen LogP contribution in [0.1, 0.15) is 33.1 Å². The minimum atomic E-state index is 0.110. The molecule has 2 atom stereocenters. The summed E-state index contributed by atoms with van der Waals surface area (Å²) in [5, 5.41) is 6.00. The molecule has 0 aromatic carbocycles. The van der Waals surface area contributed by atoms with Crippen molar-refractivity contribution in [3.05, 3.63) is 0 Å². The Morgan fingerprint density at radius 2 is 2.21 bits per heavy atom. The molecule has 1 aliphatic carbocycles. The van der Waals surface area contributed by atoms with Crippen LogP contribution in [0.15, 0.2) is 0 Å². The van der Waals surface area contributed by atoms with E-state index in [1.807, 2.05) is 6.92 Å². The van der Waals surface area contributed by atoms with Crippen LogP contribution < -0.4 is 10.6 Å². The lowest BCUT2D eigenvalue weighted by molar-refractivity contribution is -0.120. The summed E-state index contributed by atoms with van der Waals surface area (Å²) in [5.74, 6) is 1.78. The van der Waals surface area contributed by atoms with Gasteiger partial charge in [-0.3, -0.25) is 4.79 Å². The van der Waals surface area contributed by atoms with Crippen molar-refractivity contribution in [1.82, 2.24) is 10.6 Å². The van der Waals surface area contributed by atoms with Gasteiger partial charge >= 0.3 is 0 Å². The van der Waals surface area contributed by atoms with Crippen LogP contribution >= 0.6 is 0 Å². The molecule has 0 heterocycles. The number of hydrogen-bond donors (Lipinski definition) is 2. The lowest BCUT2D eigenvalue weighted by atomic mass is 10.1. The van der Waals surface area contributed by atoms with Gasteiger partial charge in [0, 0.05) is 6.54 Å². The minimum Gasteiger partial charge on any atom is -0.355 e. The number of carbonyl (C=O) groups is 1. The van der Waals surface area contributed by atoms with Gasteiger partial charge in [-0.15, -0.1) is 0 Å². The Hall–Kier alpha value is -0.570. The molecule has 0 radical (unpaired) electrons. The fourth-order valence-electron chi connectivity index (χ4n) is 2.16. The fourth-order valence-corrected chi connectivity index (χ4v) is 2.16. The zero-order chi connectivity index (χ0) is 10.4. The first kappa shape index (κ1) is 11.5. The van der Waals surface area contributed by atoms with Crippen LogP contribution in [0.4, 0.5) is 0 Å². The van der Waals surface area contributed by atoms with Gasteiger partial charge in [0.05, 0.1) is 6.54 Å². The van der Waals surface area contributed by atoms with Crippen LogP contribution in [0, 0.1) is 11.8 Å². The van der Waals surface area contributed by atoms with Crippen LogP contribution in [-0.4, -0.2) is 25.5 Å². The molecule has 0 spiro atoms. The van der Waals surface area contributed by atoms with Gasteiger partial charge in [-0.25, -0.2) is 0 Å². The van der Waals surface area contributed by atoms with E-state index >= 15 is 0 Å². The summed E-state index contributed by atoms with van der Waals surface area (Å²) in [5.41, 5.74) is 0. The number of carbonyl (C=O) groups excluding carboxylic acids is 1. The first-order valence-corrected chi connectivity index (χ1v) is 5.69. The first-order chi connectivity index (χ1) is 6.72. The molecule has 1 rings (SSSR count). The van der Waals surface area contributed by atoms with Crippen LogP contribution in [0.5, 0.6) is 0 Å². The lowest BCUT2D eigenvalue weighted by Crippen LogP contribution is -2.35. The Morgan fingerprint density at radius 1 is 1.43 bits per heavy atom. The van der Waals surface area contributed by atoms with E-state index in [0.717, 1.165) is 24.9 Å². The molecule has 0 aliphatic heterocycles. The smallest absolute Gasteiger partial charge is 0.233 e. The van der Waals surface area contributed by atoms with Crippen LogP contribution in [-0.2, 0) is 4.79 Å². The topological polar surface area (TPSA) is 41.1 Å². The van der Waals surface area contributed by atoms with E-state index in [-0.39, 0.29) is 5.91 Å². The zero-order valence-corrected chi connectivity index (χ0v) is 9.31. The summed E-state index contributed by atoms with van der Waals surface area (Å²) >= 11 is 0. The molecule has 0 aromatic heterocycles. The van der Waals surface area contributed by atoms with Crippen LogP contribution in [0.3, 0.4) is 0 Å². The van der Waals surface area contributed by atoms with Crippen molar-refractivity contribution in [2.75, 3.05) is 19.6 Å². The Bertz CT molecular complexity index is 182. The number of amides is 1. The van der Waals surface area contributed by atoms with E-state index in [1.165, 1.54) is 19.3 Å². The van der Waals surface area contributed by atoms with Crippen molar-refractivity contribution >= 4 is 5.91 Å². The summed E-state index contributed by atoms with van der Waals surface area (Å²) in [6, 6.07) is 0. The SMILES string of the molecule is CCNC(=O)CNCC1CCC(C)C1. The third-order valence-electron chi connectivity index (χ3n) is 2.90. The number of nitrogens with one attached hydrogen (secondary N) is 2. The van der Waals surface area contributed by atoms with Crippen molar-refractivity contribution < 1.29 is 4.79 Å². The molecular formula is C11H22N2O. The molecule has 1 fully saturated rings. The average Bonchev–Trinajstić information content (AvgIpc) is 2.52. The van der Waals surface area contributed by atoms with Crippen molar-refractivity contribution in [3.8, 4) is 0 Å². The van der Waals surface area contributed by atoms with Gasteiger partial charge in [-0.2, -0.15) is 0 Å². The second-order valence-corrected chi connectivity index (χ2v) is 4.37. The molecule has 1 aliphatic rings. The van der Waals surface area contributed by atoms with E-state index in [4.69, 9.17) is 0 Å². The zero-order valence-electron chi connectivity index (χ0n) is 9.31. The molecule has 0 bridgehead atoms. The van der Waals surface area contributed by atoms with Crippen molar-refractivity contribution in [3.63, 3.8) is 0 Å². The molecular weight excluding hydrogens is 176 g/mol. The predicted octanol–water partition coefficient (Wildman–Crippen LogP) is 1.15. The standard InChI is InChI=1S/C11H22N2O/c1-3-13-11(14)8-12-7-10-5-4-9(2)6-10/h9-10,12H,3-8H2,1-2H3,(H,13,14). The summed E-state index contributed by atoms with van der Waals surface area (Å²) in [4.78, 5) is 11.1. The molecule has 0 aromatic rings. The minimum absolute atomic E-state index is 0.110. The van der Waals surface area contributed by atoms with Crippen molar-refractivity contribution in [1.29, 1.82) is 0 Å². The highest BCUT2D eigenvalue weighted by Gasteiger charge is 2.20. The highest BCUT2D eigenvalue weighted by Crippen LogP contribution is 2.29. The molecule has 3 heteroatoms. The third-order valence-corrected chi connectivity index (χ3v) is 2.90. The van der Waals surface area contributed by atoms with E-state index in [2.05, 4.69) is 17.6 Å². The quantitative estimate of drug-likeness (QED) is 0.696. The normalized spacial score (nSPS) is 26.4. The lowest BCUT2D eigenvalue weighted by Gasteiger charge is -2.10. The van der Waals surface area contributed by atoms with Crippen LogP contribution in [0.25, 0.3) is 0 Å².